The molecule has 3 aromatic heterocycles. The predicted octanol–water partition coefficient (Wildman–Crippen LogP) is 24.1. The minimum absolute atomic E-state index is 0.290. The number of hydrogen-bond donors (Lipinski definition) is 1. The second-order valence-corrected chi connectivity index (χ2v) is 31.1. The molecule has 13 aromatic rings. The molecule has 0 aliphatic carbocycles. The van der Waals surface area contributed by atoms with Gasteiger partial charge in [0, 0.05) is 62.3 Å². The maximum absolute atomic E-state index is 9.96. The minimum atomic E-state index is -1.00. The summed E-state index contributed by atoms with van der Waals surface area (Å²) in [5.41, 5.74) is 8.46. The Kier molecular flexibility index (Phi) is 23.0. The van der Waals surface area contributed by atoms with Crippen LogP contribution in [0.25, 0.3) is 88.1 Å². The van der Waals surface area contributed by atoms with Gasteiger partial charge in [-0.3, -0.25) is 4.39 Å². The van der Waals surface area contributed by atoms with Crippen LogP contribution in [0, 0.1) is 0 Å². The Labute approximate surface area is 617 Å². The van der Waals surface area contributed by atoms with E-state index in [1.807, 2.05) is 207 Å². The Hall–Kier alpha value is -6.32. The fourth-order valence-corrected chi connectivity index (χ4v) is 12.6. The number of para-hydroxylation sites is 7. The molecule has 1 N–H and O–H groups in total. The summed E-state index contributed by atoms with van der Waals surface area (Å²) in [5, 5.41) is 16.7. The summed E-state index contributed by atoms with van der Waals surface area (Å²) in [6.45, 7) is 24.5. The lowest BCUT2D eigenvalue weighted by molar-refractivity contribution is 0.00578. The first kappa shape index (κ1) is 72.9. The second-order valence-electron chi connectivity index (χ2n) is 26.6. The van der Waals surface area contributed by atoms with Crippen molar-refractivity contribution < 1.29 is 52.0 Å². The monoisotopic (exact) mass is 1630 g/mol. The number of aromatic hydroxyl groups is 1. The molecule has 16 rings (SSSR count). The first-order valence-corrected chi connectivity index (χ1v) is 35.9. The maximum atomic E-state index is 9.96. The molecule has 10 aromatic carbocycles. The number of phenols is 1. The summed E-state index contributed by atoms with van der Waals surface area (Å²) >= 11 is 16.9. The van der Waals surface area contributed by atoms with Crippen LogP contribution in [-0.4, -0.2) is 67.0 Å². The van der Waals surface area contributed by atoms with E-state index in [-0.39, 0.29) is 33.6 Å². The topological polar surface area (TPSA) is 115 Å². The Morgan fingerprint density at radius 3 is 1.11 bits per heavy atom. The average Bonchev–Trinajstić information content (AvgIpc) is 1.62. The summed E-state index contributed by atoms with van der Waals surface area (Å²) in [6, 6.07) is 74.6. The maximum Gasteiger partial charge on any atom is 0.498 e. The highest BCUT2D eigenvalue weighted by atomic mass is 79.9. The van der Waals surface area contributed by atoms with Crippen LogP contribution in [0.3, 0.4) is 0 Å². The van der Waals surface area contributed by atoms with Gasteiger partial charge in [0.15, 0.2) is 0 Å². The van der Waals surface area contributed by atoms with Gasteiger partial charge in [-0.05, 0) is 193 Å². The molecule has 6 heterocycles. The Balaban J connectivity index is 0.000000130. The average molecular weight is 1640 g/mol. The number of alkyl halides is 1. The van der Waals surface area contributed by atoms with E-state index in [0.29, 0.717) is 5.75 Å². The van der Waals surface area contributed by atoms with Crippen molar-refractivity contribution in [2.75, 3.05) is 7.15 Å². The first-order chi connectivity index (χ1) is 46.9. The second kappa shape index (κ2) is 30.9. The fraction of sp³-hybridized carbons (Fsp3) is 0.241. The number of furan rings is 3. The van der Waals surface area contributed by atoms with E-state index in [2.05, 4.69) is 180 Å². The molecular formula is C79H77B3Br5FO10. The zero-order valence-corrected chi connectivity index (χ0v) is 64.6. The molecule has 504 valence electrons. The van der Waals surface area contributed by atoms with E-state index >= 15 is 0 Å². The molecule has 98 heavy (non-hydrogen) atoms. The molecule has 0 radical (unpaired) electrons. The normalized spacial score (nSPS) is 16.7. The molecular weight excluding hydrogens is 1560 g/mol. The van der Waals surface area contributed by atoms with Crippen LogP contribution in [0.1, 0.15) is 84.5 Å². The summed E-state index contributed by atoms with van der Waals surface area (Å²) < 4.78 is 74.6. The summed E-state index contributed by atoms with van der Waals surface area (Å²) in [4.78, 5) is 0. The molecule has 3 aliphatic heterocycles. The van der Waals surface area contributed by atoms with Crippen LogP contribution in [0.4, 0.5) is 4.39 Å². The van der Waals surface area contributed by atoms with Crippen molar-refractivity contribution in [3.05, 3.63) is 247 Å². The number of benzene rings is 10. The highest BCUT2D eigenvalue weighted by molar-refractivity contribution is 9.11. The van der Waals surface area contributed by atoms with Gasteiger partial charge in [-0.25, -0.2) is 0 Å². The van der Waals surface area contributed by atoms with E-state index in [1.165, 1.54) is 16.2 Å². The van der Waals surface area contributed by atoms with Crippen LogP contribution < -0.4 is 5.46 Å². The highest BCUT2D eigenvalue weighted by Crippen LogP contribution is 2.44. The molecule has 0 unspecified atom stereocenters. The lowest BCUT2D eigenvalue weighted by Crippen LogP contribution is -2.41. The van der Waals surface area contributed by atoms with E-state index in [4.69, 9.17) is 42.5 Å². The van der Waals surface area contributed by atoms with Crippen molar-refractivity contribution in [2.24, 2.45) is 0 Å². The van der Waals surface area contributed by atoms with Gasteiger partial charge in [0.05, 0.1) is 51.1 Å². The molecule has 3 fully saturated rings. The van der Waals surface area contributed by atoms with E-state index in [1.54, 1.807) is 0 Å². The van der Waals surface area contributed by atoms with Gasteiger partial charge >= 0.3 is 21.1 Å². The number of halogens is 6. The summed E-state index contributed by atoms with van der Waals surface area (Å²) in [7, 11) is -2.36. The van der Waals surface area contributed by atoms with Gasteiger partial charge in [-0.2, -0.15) is 0 Å². The van der Waals surface area contributed by atoms with Gasteiger partial charge in [0.25, 0.3) is 0 Å². The molecule has 10 nitrogen and oxygen atoms in total. The SMILES string of the molecule is Brc1ccc(-c2cccc3c2oc2ccccc23)cc1.Brc1ccc(Br)cc1.Brc1cccc2c1oc1ccccc12.CC1(C)OB(B2OC(C)(C)C(C)(C)O2)OC1(C)C.CC1(C)OB(c2cccc3c2oc2ccccc23)OC1(C)C.Oc1c(Br)cccc1-c1ccccc1.[2H]CF. The fourth-order valence-electron chi connectivity index (χ4n) is 11.0. The van der Waals surface area contributed by atoms with E-state index in [9.17, 15) is 9.50 Å². The summed E-state index contributed by atoms with van der Waals surface area (Å²) in [5.74, 6) is 0.290. The molecule has 0 amide bonds. The quantitative estimate of drug-likeness (QED) is 0.171. The van der Waals surface area contributed by atoms with Gasteiger partial charge in [-0.15, -0.1) is 0 Å². The van der Waals surface area contributed by atoms with Crippen molar-refractivity contribution in [1.82, 2.24) is 0 Å². The summed E-state index contributed by atoms with van der Waals surface area (Å²) in [6.07, 6.45) is 0. The molecule has 3 saturated heterocycles. The van der Waals surface area contributed by atoms with Crippen LogP contribution in [0.2, 0.25) is 0 Å². The number of rotatable bonds is 4. The predicted molar refractivity (Wildman–Crippen MR) is 420 cm³/mol. The van der Waals surface area contributed by atoms with Gasteiger partial charge in [0.2, 0.25) is 0 Å². The van der Waals surface area contributed by atoms with Crippen LogP contribution in [0.5, 0.6) is 5.75 Å². The van der Waals surface area contributed by atoms with Gasteiger partial charge in [0.1, 0.15) is 39.2 Å². The molecule has 0 spiro atoms. The van der Waals surface area contributed by atoms with Crippen molar-refractivity contribution >= 4 is 172 Å². The number of fused-ring (bicyclic) bond motifs is 9. The molecule has 0 bridgehead atoms. The first-order valence-electron chi connectivity index (χ1n) is 32.6. The molecule has 3 aliphatic rings. The highest BCUT2D eigenvalue weighted by Gasteiger charge is 2.64. The molecule has 19 heteroatoms. The third-order valence-corrected chi connectivity index (χ3v) is 21.3. The van der Waals surface area contributed by atoms with Gasteiger partial charge in [-0.1, -0.05) is 206 Å². The zero-order chi connectivity index (χ0) is 71.2. The van der Waals surface area contributed by atoms with Crippen molar-refractivity contribution in [3.63, 3.8) is 0 Å². The standard InChI is InChI=1S/C18H19BO3.C18H11BrO.C12H24B2O4.C12H7BrO.C12H9BrO.C6H4Br2.CH3F/c1-17(2)18(3,4)22-19(21-17)14-10-7-9-13-12-8-5-6-11-15(12)20-16(13)14;19-13-10-8-12(9-11-13)14-5-3-6-16-15-4-1-2-7-17(15)20-18(14)16;1-9(2)10(3,4)16-13(15-9)14-17-11(5,6)12(7,8)18-14;13-10-6-3-5-9-8-4-1-2-7-11(8)14-12(9)10;13-11-8-4-7-10(12(11)14)9-5-2-1-3-6-9;7-5-1-2-6(8)4-3-5;1-2/h5-11H,1-4H3;1-11H;1-8H3;1-7H;1-8,14H;1-4H;1H3/i;;;;;;1D. The van der Waals surface area contributed by atoms with E-state index < -0.39 is 28.3 Å². The lowest BCUT2D eigenvalue weighted by Gasteiger charge is -2.32. The minimum Gasteiger partial charge on any atom is -0.506 e. The molecule has 0 saturated carbocycles. The Morgan fingerprint density at radius 2 is 0.643 bits per heavy atom. The van der Waals surface area contributed by atoms with Crippen LogP contribution >= 0.6 is 79.6 Å². The lowest BCUT2D eigenvalue weighted by atomic mass is 9.49. The largest absolute Gasteiger partial charge is 0.506 e. The number of phenolic OH excluding ortho intramolecular Hbond substituents is 1. The molecule has 0 atom stereocenters. The van der Waals surface area contributed by atoms with Crippen molar-refractivity contribution in [3.8, 4) is 28.0 Å². The van der Waals surface area contributed by atoms with Crippen molar-refractivity contribution in [1.29, 1.82) is 0 Å². The van der Waals surface area contributed by atoms with Gasteiger partial charge < -0.3 is 46.3 Å². The van der Waals surface area contributed by atoms with Crippen LogP contribution in [-0.2, 0) is 27.9 Å². The van der Waals surface area contributed by atoms with E-state index in [0.717, 1.165) is 99.7 Å². The smallest absolute Gasteiger partial charge is 0.498 e. The van der Waals surface area contributed by atoms with Crippen molar-refractivity contribution in [2.45, 2.75) is 117 Å². The Morgan fingerprint density at radius 1 is 0.327 bits per heavy atom. The Bertz CT molecular complexity index is 4790. The third kappa shape index (κ3) is 16.4. The zero-order valence-electron chi connectivity index (χ0n) is 57.7. The third-order valence-electron chi connectivity index (χ3n) is 18.5. The number of hydrogen-bond acceptors (Lipinski definition) is 10. The van der Waals surface area contributed by atoms with Crippen LogP contribution in [0.15, 0.2) is 260 Å².